The summed E-state index contributed by atoms with van der Waals surface area (Å²) >= 11 is 0. The van der Waals surface area contributed by atoms with Crippen LogP contribution in [0, 0.1) is 0 Å². The van der Waals surface area contributed by atoms with Crippen LogP contribution in [-0.2, 0) is 9.59 Å². The Bertz CT molecular complexity index is 515. The lowest BCUT2D eigenvalue weighted by Crippen LogP contribution is -2.17. The molecule has 0 aliphatic carbocycles. The summed E-state index contributed by atoms with van der Waals surface area (Å²) in [6, 6.07) is 0. The topological polar surface area (TPSA) is 82.9 Å². The molecule has 2 amide bonds. The average molecular weight is 479 g/mol. The summed E-state index contributed by atoms with van der Waals surface area (Å²) in [5.74, 6) is 0.0699. The van der Waals surface area contributed by atoms with Gasteiger partial charge in [0, 0.05) is 24.3 Å². The van der Waals surface area contributed by atoms with Gasteiger partial charge in [-0.15, -0.1) is 0 Å². The Labute approximate surface area is 210 Å². The van der Waals surface area contributed by atoms with E-state index >= 15 is 0 Å². The molecule has 0 rings (SSSR count). The first-order valence-corrected chi connectivity index (χ1v) is 14.0. The van der Waals surface area contributed by atoms with Crippen LogP contribution in [0.1, 0.15) is 156 Å². The van der Waals surface area contributed by atoms with E-state index in [0.29, 0.717) is 12.8 Å². The van der Waals surface area contributed by atoms with Crippen molar-refractivity contribution < 1.29 is 9.59 Å². The summed E-state index contributed by atoms with van der Waals surface area (Å²) in [5.41, 5.74) is 6.93. The maximum Gasteiger partial charge on any atom is 0.240 e. The lowest BCUT2D eigenvalue weighted by atomic mass is 10.0. The quantitative estimate of drug-likeness (QED) is 0.0891. The predicted octanol–water partition coefficient (Wildman–Crippen LogP) is 7.81. The molecule has 0 bridgehead atoms. The summed E-state index contributed by atoms with van der Waals surface area (Å²) in [7, 11) is 0. The lowest BCUT2D eigenvalue weighted by molar-refractivity contribution is -0.122. The molecule has 0 radical (unpaired) electrons. The van der Waals surface area contributed by atoms with Crippen LogP contribution in [0.15, 0.2) is 10.2 Å². The van der Waals surface area contributed by atoms with Crippen molar-refractivity contribution in [3.05, 3.63) is 0 Å². The first kappa shape index (κ1) is 32.3. The van der Waals surface area contributed by atoms with E-state index in [1.165, 1.54) is 89.9 Å². The number of rotatable bonds is 23. The van der Waals surface area contributed by atoms with Gasteiger partial charge in [0.1, 0.15) is 0 Å². The third-order valence-electron chi connectivity index (χ3n) is 5.87. The fourth-order valence-corrected chi connectivity index (χ4v) is 3.86. The number of hydrogen-bond acceptors (Lipinski definition) is 4. The van der Waals surface area contributed by atoms with E-state index in [2.05, 4.69) is 21.1 Å². The Morgan fingerprint density at radius 3 is 0.824 bits per heavy atom. The van der Waals surface area contributed by atoms with Gasteiger partial charge in [0.15, 0.2) is 0 Å². The van der Waals surface area contributed by atoms with Gasteiger partial charge in [-0.25, -0.2) is 10.9 Å². The van der Waals surface area contributed by atoms with Crippen LogP contribution in [0.4, 0.5) is 0 Å². The molecule has 0 spiro atoms. The second-order valence-corrected chi connectivity index (χ2v) is 10.1. The largest absolute Gasteiger partial charge is 0.273 e. The van der Waals surface area contributed by atoms with Crippen molar-refractivity contribution >= 4 is 23.2 Å². The number of carbonyl (C=O) groups excluding carboxylic acids is 2. The van der Waals surface area contributed by atoms with Crippen LogP contribution in [0.3, 0.4) is 0 Å². The molecule has 0 fully saturated rings. The Hall–Kier alpha value is -1.72. The average Bonchev–Trinajstić information content (AvgIpc) is 2.80. The van der Waals surface area contributed by atoms with E-state index in [1.54, 1.807) is 0 Å². The van der Waals surface area contributed by atoms with Gasteiger partial charge in [-0.3, -0.25) is 9.59 Å². The molecule has 6 nitrogen and oxygen atoms in total. The van der Waals surface area contributed by atoms with E-state index in [9.17, 15) is 9.59 Å². The number of carbonyl (C=O) groups is 2. The van der Waals surface area contributed by atoms with Crippen molar-refractivity contribution in [1.82, 2.24) is 10.9 Å². The van der Waals surface area contributed by atoms with Crippen LogP contribution in [-0.4, -0.2) is 23.2 Å². The molecule has 0 saturated heterocycles. The van der Waals surface area contributed by atoms with Crippen molar-refractivity contribution in [2.45, 2.75) is 156 Å². The molecule has 0 heterocycles. The number of hydrogen-bond donors (Lipinski definition) is 2. The van der Waals surface area contributed by atoms with E-state index in [-0.39, 0.29) is 11.8 Å². The molecule has 0 atom stereocenters. The summed E-state index contributed by atoms with van der Waals surface area (Å²) in [4.78, 5) is 23.1. The molecule has 0 aliphatic heterocycles. The van der Waals surface area contributed by atoms with Gasteiger partial charge in [-0.2, -0.15) is 10.2 Å². The summed E-state index contributed by atoms with van der Waals surface area (Å²) in [5, 5.41) is 7.88. The van der Waals surface area contributed by atoms with Gasteiger partial charge in [0.25, 0.3) is 0 Å². The Kier molecular flexibility index (Phi) is 23.2. The fourth-order valence-electron chi connectivity index (χ4n) is 3.86. The van der Waals surface area contributed by atoms with E-state index < -0.39 is 0 Å². The van der Waals surface area contributed by atoms with Crippen LogP contribution in [0.2, 0.25) is 0 Å². The second kappa shape index (κ2) is 24.4. The summed E-state index contributed by atoms with van der Waals surface area (Å²) in [6.07, 6.45) is 24.2. The molecule has 2 N–H and O–H groups in total. The molecular formula is C28H54N4O2. The van der Waals surface area contributed by atoms with Crippen molar-refractivity contribution in [2.75, 3.05) is 0 Å². The Morgan fingerprint density at radius 1 is 0.412 bits per heavy atom. The molecule has 0 saturated carbocycles. The van der Waals surface area contributed by atoms with Gasteiger partial charge in [-0.1, -0.05) is 103 Å². The van der Waals surface area contributed by atoms with Crippen molar-refractivity contribution in [3.63, 3.8) is 0 Å². The molecule has 0 aliphatic rings. The van der Waals surface area contributed by atoms with E-state index in [0.717, 1.165) is 37.1 Å². The summed E-state index contributed by atoms with van der Waals surface area (Å²) < 4.78 is 0. The highest BCUT2D eigenvalue weighted by atomic mass is 16.2. The zero-order chi connectivity index (χ0) is 25.3. The third kappa shape index (κ3) is 26.5. The zero-order valence-electron chi connectivity index (χ0n) is 22.9. The van der Waals surface area contributed by atoms with Crippen molar-refractivity contribution in [2.24, 2.45) is 10.2 Å². The number of nitrogens with zero attached hydrogens (tertiary/aromatic N) is 2. The first-order chi connectivity index (χ1) is 16.4. The molecule has 0 aromatic heterocycles. The molecule has 34 heavy (non-hydrogen) atoms. The maximum absolute atomic E-state index is 11.5. The van der Waals surface area contributed by atoms with Crippen molar-refractivity contribution in [3.8, 4) is 0 Å². The van der Waals surface area contributed by atoms with Crippen LogP contribution >= 0.6 is 0 Å². The van der Waals surface area contributed by atoms with Crippen LogP contribution < -0.4 is 10.9 Å². The number of nitrogens with one attached hydrogen (secondary N) is 2. The third-order valence-corrected chi connectivity index (χ3v) is 5.87. The fraction of sp³-hybridized carbons (Fsp3) is 0.857. The standard InChI is InChI=1S/C28H54N4O2/c1-25(2)29-31-27(33)23-21-19-17-15-13-11-9-7-5-6-8-10-12-14-16-18-20-22-24-28(34)32-30-26(3)4/h5-24H2,1-4H3,(H,31,33)(H,32,34). The number of hydrazone groups is 2. The molecule has 0 aromatic carbocycles. The normalized spacial score (nSPS) is 10.6. The van der Waals surface area contributed by atoms with Gasteiger partial charge in [0.2, 0.25) is 11.8 Å². The van der Waals surface area contributed by atoms with E-state index in [4.69, 9.17) is 0 Å². The van der Waals surface area contributed by atoms with Crippen LogP contribution in [0.25, 0.3) is 0 Å². The minimum Gasteiger partial charge on any atom is -0.273 e. The molecular weight excluding hydrogens is 424 g/mol. The highest BCUT2D eigenvalue weighted by molar-refractivity contribution is 5.82. The van der Waals surface area contributed by atoms with Gasteiger partial charge >= 0.3 is 0 Å². The second-order valence-electron chi connectivity index (χ2n) is 10.1. The zero-order valence-corrected chi connectivity index (χ0v) is 22.9. The van der Waals surface area contributed by atoms with Crippen molar-refractivity contribution in [1.29, 1.82) is 0 Å². The Balaban J connectivity index is 3.19. The maximum atomic E-state index is 11.5. The predicted molar refractivity (Wildman–Crippen MR) is 146 cm³/mol. The van der Waals surface area contributed by atoms with Gasteiger partial charge in [0.05, 0.1) is 0 Å². The van der Waals surface area contributed by atoms with Gasteiger partial charge < -0.3 is 0 Å². The lowest BCUT2D eigenvalue weighted by Gasteiger charge is -2.04. The number of unbranched alkanes of at least 4 members (excludes halogenated alkanes) is 17. The summed E-state index contributed by atoms with van der Waals surface area (Å²) in [6.45, 7) is 7.51. The van der Waals surface area contributed by atoms with Gasteiger partial charge in [-0.05, 0) is 40.5 Å². The van der Waals surface area contributed by atoms with Crippen LogP contribution in [0.5, 0.6) is 0 Å². The molecule has 0 aromatic rings. The molecule has 6 heteroatoms. The van der Waals surface area contributed by atoms with E-state index in [1.807, 2.05) is 27.7 Å². The number of amides is 2. The SMILES string of the molecule is CC(C)=NNC(=O)CCCCCCCCCCCCCCCCCCCCC(=O)NN=C(C)C. The molecule has 198 valence electrons. The first-order valence-electron chi connectivity index (χ1n) is 14.0. The molecule has 0 unspecified atom stereocenters. The minimum atomic E-state index is 0.0350. The highest BCUT2D eigenvalue weighted by Gasteiger charge is 2.01. The Morgan fingerprint density at radius 2 is 0.618 bits per heavy atom. The highest BCUT2D eigenvalue weighted by Crippen LogP contribution is 2.14. The minimum absolute atomic E-state index is 0.0350. The smallest absolute Gasteiger partial charge is 0.240 e. The monoisotopic (exact) mass is 478 g/mol.